The first-order chi connectivity index (χ1) is 11.0. The molecule has 2 aromatic heterocycles. The number of aryl methyl sites for hydroxylation is 1. The minimum atomic E-state index is -1.35. The first-order valence-electron chi connectivity index (χ1n) is 7.90. The zero-order chi connectivity index (χ0) is 16.0. The number of para-hydroxylation sites is 1. The van der Waals surface area contributed by atoms with Gasteiger partial charge in [-0.3, -0.25) is 4.98 Å². The van der Waals surface area contributed by atoms with Crippen LogP contribution < -0.4 is 0 Å². The van der Waals surface area contributed by atoms with Crippen LogP contribution in [0.15, 0.2) is 65.3 Å². The predicted octanol–water partition coefficient (Wildman–Crippen LogP) is 5.21. The van der Waals surface area contributed by atoms with Crippen LogP contribution in [0.1, 0.15) is 15.2 Å². The summed E-state index contributed by atoms with van der Waals surface area (Å²) in [6, 6.07) is 15.4. The third-order valence-electron chi connectivity index (χ3n) is 3.77. The molecule has 21 heavy (non-hydrogen) atoms. The molecule has 0 aliphatic heterocycles. The van der Waals surface area contributed by atoms with Crippen molar-refractivity contribution in [3.8, 4) is 11.1 Å². The van der Waals surface area contributed by atoms with Crippen LogP contribution in [-0.2, 0) is 6.37 Å². The summed E-state index contributed by atoms with van der Waals surface area (Å²) in [5, 5.41) is 2.05. The van der Waals surface area contributed by atoms with Crippen LogP contribution in [0.4, 0.5) is 0 Å². The zero-order valence-electron chi connectivity index (χ0n) is 13.6. The van der Waals surface area contributed by atoms with Crippen molar-refractivity contribution in [1.82, 2.24) is 4.98 Å². The number of pyridine rings is 1. The highest BCUT2D eigenvalue weighted by Gasteiger charge is 2.12. The second-order valence-electron chi connectivity index (χ2n) is 4.99. The standard InChI is InChI=1S/C19H15NO/c1-2-13-7-9-14(10-8-13)16-11-20-12-17-15-5-3-4-6-18(15)21-19(16)17/h3-12H,2H2,1H3/i2D2. The molecule has 0 aliphatic rings. The molecule has 4 rings (SSSR count). The highest BCUT2D eigenvalue weighted by Crippen LogP contribution is 2.34. The Bertz CT molecular complexity index is 997. The Balaban J connectivity index is 1.92. The van der Waals surface area contributed by atoms with Gasteiger partial charge in [0.2, 0.25) is 0 Å². The lowest BCUT2D eigenvalue weighted by Gasteiger charge is -2.03. The first-order valence-corrected chi connectivity index (χ1v) is 6.90. The number of fused-ring (bicyclic) bond motifs is 3. The Labute approximate surface area is 125 Å². The average Bonchev–Trinajstić information content (AvgIpc) is 2.93. The summed E-state index contributed by atoms with van der Waals surface area (Å²) in [5.74, 6) is 0. The van der Waals surface area contributed by atoms with Crippen molar-refractivity contribution < 1.29 is 7.16 Å². The fraction of sp³-hybridized carbons (Fsp3) is 0.105. The lowest BCUT2D eigenvalue weighted by Crippen LogP contribution is -1.83. The summed E-state index contributed by atoms with van der Waals surface area (Å²) >= 11 is 0. The van der Waals surface area contributed by atoms with E-state index >= 15 is 0 Å². The molecular formula is C19H15NO. The van der Waals surface area contributed by atoms with Crippen LogP contribution in [0.3, 0.4) is 0 Å². The number of hydrogen-bond acceptors (Lipinski definition) is 2. The monoisotopic (exact) mass is 275 g/mol. The summed E-state index contributed by atoms with van der Waals surface area (Å²) < 4.78 is 21.6. The predicted molar refractivity (Wildman–Crippen MR) is 86.3 cm³/mol. The molecule has 0 N–H and O–H groups in total. The summed E-state index contributed by atoms with van der Waals surface area (Å²) in [6.45, 7) is 1.56. The largest absolute Gasteiger partial charge is 0.455 e. The van der Waals surface area contributed by atoms with Crippen molar-refractivity contribution in [3.05, 3.63) is 66.5 Å². The topological polar surface area (TPSA) is 26.0 Å². The lowest BCUT2D eigenvalue weighted by atomic mass is 10.0. The molecule has 0 amide bonds. The summed E-state index contributed by atoms with van der Waals surface area (Å²) in [7, 11) is 0. The maximum Gasteiger partial charge on any atom is 0.146 e. The minimum Gasteiger partial charge on any atom is -0.455 e. The Morgan fingerprint density at radius 1 is 1.00 bits per heavy atom. The Kier molecular flexibility index (Phi) is 2.29. The van der Waals surface area contributed by atoms with E-state index in [1.54, 1.807) is 13.1 Å². The Morgan fingerprint density at radius 2 is 1.81 bits per heavy atom. The van der Waals surface area contributed by atoms with E-state index in [-0.39, 0.29) is 0 Å². The molecule has 2 heterocycles. The molecule has 0 aliphatic carbocycles. The molecule has 2 aromatic carbocycles. The molecule has 0 unspecified atom stereocenters. The van der Waals surface area contributed by atoms with Gasteiger partial charge in [0.15, 0.2) is 0 Å². The number of hydrogen-bond donors (Lipinski definition) is 0. The Morgan fingerprint density at radius 3 is 2.62 bits per heavy atom. The fourth-order valence-electron chi connectivity index (χ4n) is 2.66. The molecule has 2 heteroatoms. The molecular weight excluding hydrogens is 258 g/mol. The minimum absolute atomic E-state index is 0.658. The average molecular weight is 275 g/mol. The van der Waals surface area contributed by atoms with Crippen molar-refractivity contribution in [2.75, 3.05) is 0 Å². The van der Waals surface area contributed by atoms with Gasteiger partial charge in [0, 0.05) is 31.5 Å². The summed E-state index contributed by atoms with van der Waals surface area (Å²) in [4.78, 5) is 4.35. The van der Waals surface area contributed by atoms with Crippen molar-refractivity contribution in [2.24, 2.45) is 0 Å². The number of furan rings is 1. The summed E-state index contributed by atoms with van der Waals surface area (Å²) in [6.07, 6.45) is 2.27. The van der Waals surface area contributed by atoms with Gasteiger partial charge in [-0.25, -0.2) is 0 Å². The second kappa shape index (κ2) is 4.74. The van der Waals surface area contributed by atoms with Gasteiger partial charge in [-0.1, -0.05) is 49.4 Å². The van der Waals surface area contributed by atoms with Gasteiger partial charge in [0.1, 0.15) is 11.2 Å². The second-order valence-corrected chi connectivity index (χ2v) is 4.99. The van der Waals surface area contributed by atoms with Gasteiger partial charge < -0.3 is 4.42 Å². The smallest absolute Gasteiger partial charge is 0.146 e. The number of benzene rings is 2. The van der Waals surface area contributed by atoms with Gasteiger partial charge >= 0.3 is 0 Å². The molecule has 4 aromatic rings. The molecule has 102 valence electrons. The van der Waals surface area contributed by atoms with Gasteiger partial charge in [-0.2, -0.15) is 0 Å². The van der Waals surface area contributed by atoms with Gasteiger partial charge in [-0.05, 0) is 23.6 Å². The van der Waals surface area contributed by atoms with E-state index in [0.717, 1.165) is 33.1 Å². The van der Waals surface area contributed by atoms with Crippen molar-refractivity contribution >= 4 is 21.9 Å². The summed E-state index contributed by atoms with van der Waals surface area (Å²) in [5.41, 5.74) is 4.20. The van der Waals surface area contributed by atoms with E-state index in [2.05, 4.69) is 4.98 Å². The van der Waals surface area contributed by atoms with E-state index in [1.807, 2.05) is 54.7 Å². The normalized spacial score (nSPS) is 13.4. The highest BCUT2D eigenvalue weighted by atomic mass is 16.3. The quantitative estimate of drug-likeness (QED) is 0.502. The molecule has 0 atom stereocenters. The van der Waals surface area contributed by atoms with E-state index in [4.69, 9.17) is 7.16 Å². The van der Waals surface area contributed by atoms with Crippen LogP contribution >= 0.6 is 0 Å². The maximum absolute atomic E-state index is 7.79. The molecule has 0 fully saturated rings. The fourth-order valence-corrected chi connectivity index (χ4v) is 2.66. The van der Waals surface area contributed by atoms with Crippen LogP contribution in [-0.4, -0.2) is 4.98 Å². The SMILES string of the molecule is [2H]C([2H])(C)c1ccc(-c2cncc3c2oc2ccccc23)cc1. The zero-order valence-corrected chi connectivity index (χ0v) is 11.6. The maximum atomic E-state index is 7.79. The van der Waals surface area contributed by atoms with Gasteiger partial charge in [0.05, 0.1) is 0 Å². The molecule has 0 spiro atoms. The van der Waals surface area contributed by atoms with E-state index in [0.29, 0.717) is 5.56 Å². The highest BCUT2D eigenvalue weighted by molar-refractivity contribution is 6.08. The van der Waals surface area contributed by atoms with Gasteiger partial charge in [0.25, 0.3) is 0 Å². The number of aromatic nitrogens is 1. The van der Waals surface area contributed by atoms with E-state index in [9.17, 15) is 0 Å². The molecule has 2 nitrogen and oxygen atoms in total. The van der Waals surface area contributed by atoms with E-state index < -0.39 is 6.37 Å². The number of rotatable bonds is 2. The van der Waals surface area contributed by atoms with Gasteiger partial charge in [-0.15, -0.1) is 0 Å². The van der Waals surface area contributed by atoms with E-state index in [1.165, 1.54) is 0 Å². The molecule has 0 radical (unpaired) electrons. The van der Waals surface area contributed by atoms with Crippen LogP contribution in [0, 0.1) is 0 Å². The molecule has 0 saturated carbocycles. The van der Waals surface area contributed by atoms with Crippen molar-refractivity contribution in [2.45, 2.75) is 13.3 Å². The number of nitrogens with zero attached hydrogens (tertiary/aromatic N) is 1. The van der Waals surface area contributed by atoms with Crippen LogP contribution in [0.25, 0.3) is 33.1 Å². The molecule has 0 bridgehead atoms. The van der Waals surface area contributed by atoms with Crippen LogP contribution in [0.5, 0.6) is 0 Å². The van der Waals surface area contributed by atoms with Crippen molar-refractivity contribution in [3.63, 3.8) is 0 Å². The Hall–Kier alpha value is -2.61. The van der Waals surface area contributed by atoms with Crippen molar-refractivity contribution in [1.29, 1.82) is 0 Å². The first kappa shape index (κ1) is 10.2. The third kappa shape index (κ3) is 1.91. The third-order valence-corrected chi connectivity index (χ3v) is 3.77. The molecule has 0 saturated heterocycles. The lowest BCUT2D eigenvalue weighted by molar-refractivity contribution is 0.669. The van der Waals surface area contributed by atoms with Crippen LogP contribution in [0.2, 0.25) is 0 Å².